The molecule has 2 rings (SSSR count). The number of benzene rings is 2. The Kier molecular flexibility index (Phi) is 5.73. The maximum Gasteiger partial charge on any atom is 0.418 e. The molecule has 0 heterocycles. The molecule has 0 aromatic heterocycles. The Labute approximate surface area is 144 Å². The van der Waals surface area contributed by atoms with E-state index < -0.39 is 11.7 Å². The highest BCUT2D eigenvalue weighted by Crippen LogP contribution is 2.34. The van der Waals surface area contributed by atoms with Crippen molar-refractivity contribution in [1.29, 1.82) is 0 Å². The zero-order chi connectivity index (χ0) is 16.9. The van der Waals surface area contributed by atoms with Crippen molar-refractivity contribution in [1.82, 2.24) is 5.43 Å². The Bertz CT molecular complexity index is 732. The monoisotopic (exact) mass is 401 g/mol. The van der Waals surface area contributed by atoms with Crippen molar-refractivity contribution in [3.63, 3.8) is 0 Å². The molecule has 120 valence electrons. The van der Waals surface area contributed by atoms with Crippen molar-refractivity contribution in [3.8, 4) is 0 Å². The predicted molar refractivity (Wildman–Crippen MR) is 92.5 cm³/mol. The van der Waals surface area contributed by atoms with Crippen LogP contribution in [0, 0.1) is 0 Å². The average molecular weight is 402 g/mol. The van der Waals surface area contributed by atoms with Crippen molar-refractivity contribution in [2.24, 2.45) is 5.10 Å². The SMILES string of the molecule is FC(F)(F)c1ccccc1NC(=S)N/N=C\c1ccccc1Br. The zero-order valence-electron chi connectivity index (χ0n) is 11.6. The van der Waals surface area contributed by atoms with Gasteiger partial charge in [-0.3, -0.25) is 5.43 Å². The first kappa shape index (κ1) is 17.4. The van der Waals surface area contributed by atoms with Crippen molar-refractivity contribution >= 4 is 45.2 Å². The third-order valence-electron chi connectivity index (χ3n) is 2.76. The number of nitrogens with one attached hydrogen (secondary N) is 2. The lowest BCUT2D eigenvalue weighted by Crippen LogP contribution is -2.25. The molecule has 0 saturated heterocycles. The first-order chi connectivity index (χ1) is 10.9. The van der Waals surface area contributed by atoms with Gasteiger partial charge in [0.15, 0.2) is 5.11 Å². The minimum Gasteiger partial charge on any atom is -0.331 e. The van der Waals surface area contributed by atoms with E-state index in [0.717, 1.165) is 16.1 Å². The minimum absolute atomic E-state index is 0.0370. The van der Waals surface area contributed by atoms with Gasteiger partial charge in [0.2, 0.25) is 0 Å². The number of alkyl halides is 3. The summed E-state index contributed by atoms with van der Waals surface area (Å²) in [5.74, 6) is 0. The van der Waals surface area contributed by atoms with Gasteiger partial charge >= 0.3 is 6.18 Å². The second-order valence-corrected chi connectivity index (χ2v) is 5.65. The Morgan fingerprint density at radius 2 is 1.74 bits per heavy atom. The first-order valence-corrected chi connectivity index (χ1v) is 7.59. The molecule has 0 spiro atoms. The largest absolute Gasteiger partial charge is 0.418 e. The second kappa shape index (κ2) is 7.56. The van der Waals surface area contributed by atoms with E-state index in [-0.39, 0.29) is 10.8 Å². The molecule has 0 amide bonds. The standard InChI is InChI=1S/C15H11BrF3N3S/c16-12-7-3-1-5-10(12)9-20-22-14(23)21-13-8-4-2-6-11(13)15(17,18)19/h1-9H,(H2,21,22,23)/b20-9-. The van der Waals surface area contributed by atoms with Gasteiger partial charge < -0.3 is 5.32 Å². The number of hydrazone groups is 1. The fourth-order valence-electron chi connectivity index (χ4n) is 1.73. The molecule has 0 radical (unpaired) electrons. The van der Waals surface area contributed by atoms with Gasteiger partial charge in [-0.15, -0.1) is 0 Å². The van der Waals surface area contributed by atoms with Crippen LogP contribution < -0.4 is 10.7 Å². The molecule has 0 saturated carbocycles. The summed E-state index contributed by atoms with van der Waals surface area (Å²) in [4.78, 5) is 0. The van der Waals surface area contributed by atoms with Crippen LogP contribution in [-0.4, -0.2) is 11.3 Å². The molecule has 23 heavy (non-hydrogen) atoms. The van der Waals surface area contributed by atoms with Crippen LogP contribution in [0.2, 0.25) is 0 Å². The quantitative estimate of drug-likeness (QED) is 0.441. The van der Waals surface area contributed by atoms with Crippen LogP contribution in [0.25, 0.3) is 0 Å². The fraction of sp³-hybridized carbons (Fsp3) is 0.0667. The fourth-order valence-corrected chi connectivity index (χ4v) is 2.28. The van der Waals surface area contributed by atoms with Crippen LogP contribution in [0.15, 0.2) is 58.1 Å². The molecular formula is C15H11BrF3N3S. The minimum atomic E-state index is -4.46. The Hall–Kier alpha value is -1.93. The number of hydrogen-bond acceptors (Lipinski definition) is 2. The summed E-state index contributed by atoms with van der Waals surface area (Å²) in [6, 6.07) is 12.4. The highest BCUT2D eigenvalue weighted by Gasteiger charge is 2.33. The van der Waals surface area contributed by atoms with Gasteiger partial charge in [-0.1, -0.05) is 46.3 Å². The normalized spacial score (nSPS) is 11.5. The Morgan fingerprint density at radius 3 is 2.43 bits per heavy atom. The molecule has 8 heteroatoms. The van der Waals surface area contributed by atoms with E-state index in [2.05, 4.69) is 31.8 Å². The van der Waals surface area contributed by atoms with Crippen LogP contribution >= 0.6 is 28.1 Å². The smallest absolute Gasteiger partial charge is 0.331 e. The third-order valence-corrected chi connectivity index (χ3v) is 3.67. The summed E-state index contributed by atoms with van der Waals surface area (Å²) in [7, 11) is 0. The number of nitrogens with zero attached hydrogens (tertiary/aromatic N) is 1. The molecule has 0 atom stereocenters. The molecule has 2 aromatic rings. The summed E-state index contributed by atoms with van der Waals surface area (Å²) in [5, 5.41) is 6.36. The van der Waals surface area contributed by atoms with Crippen molar-refractivity contribution in [3.05, 3.63) is 64.1 Å². The van der Waals surface area contributed by atoms with Gasteiger partial charge in [-0.25, -0.2) is 0 Å². The highest BCUT2D eigenvalue weighted by molar-refractivity contribution is 9.10. The molecular weight excluding hydrogens is 391 g/mol. The zero-order valence-corrected chi connectivity index (χ0v) is 14.0. The van der Waals surface area contributed by atoms with Crippen LogP contribution in [-0.2, 0) is 6.18 Å². The van der Waals surface area contributed by atoms with Crippen molar-refractivity contribution in [2.45, 2.75) is 6.18 Å². The summed E-state index contributed by atoms with van der Waals surface area (Å²) < 4.78 is 39.5. The number of para-hydroxylation sites is 1. The summed E-state index contributed by atoms with van der Waals surface area (Å²) in [6.07, 6.45) is -2.95. The maximum atomic E-state index is 12.9. The van der Waals surface area contributed by atoms with E-state index >= 15 is 0 Å². The first-order valence-electron chi connectivity index (χ1n) is 6.39. The number of hydrogen-bond donors (Lipinski definition) is 2. The second-order valence-electron chi connectivity index (χ2n) is 4.39. The van der Waals surface area contributed by atoms with Gasteiger partial charge in [0, 0.05) is 10.0 Å². The summed E-state index contributed by atoms with van der Waals surface area (Å²) >= 11 is 8.31. The molecule has 0 unspecified atom stereocenters. The van der Waals surface area contributed by atoms with Gasteiger partial charge in [-0.2, -0.15) is 18.3 Å². The number of thiocarbonyl (C=S) groups is 1. The molecule has 0 fully saturated rings. The molecule has 0 bridgehead atoms. The molecule has 0 aliphatic carbocycles. The van der Waals surface area contributed by atoms with E-state index in [1.54, 1.807) is 0 Å². The van der Waals surface area contributed by atoms with Gasteiger partial charge in [-0.05, 0) is 30.4 Å². The van der Waals surface area contributed by atoms with Crippen LogP contribution in [0.5, 0.6) is 0 Å². The van der Waals surface area contributed by atoms with Gasteiger partial charge in [0.1, 0.15) is 0 Å². The number of anilines is 1. The van der Waals surface area contributed by atoms with Crippen molar-refractivity contribution in [2.75, 3.05) is 5.32 Å². The molecule has 2 aromatic carbocycles. The lowest BCUT2D eigenvalue weighted by Gasteiger charge is -2.14. The molecule has 0 aliphatic heterocycles. The topological polar surface area (TPSA) is 36.4 Å². The molecule has 2 N–H and O–H groups in total. The van der Waals surface area contributed by atoms with Gasteiger partial charge in [0.05, 0.1) is 17.5 Å². The van der Waals surface area contributed by atoms with E-state index in [1.165, 1.54) is 24.4 Å². The molecule has 0 aliphatic rings. The Morgan fingerprint density at radius 1 is 1.09 bits per heavy atom. The van der Waals surface area contributed by atoms with Crippen LogP contribution in [0.1, 0.15) is 11.1 Å². The third kappa shape index (κ3) is 5.04. The van der Waals surface area contributed by atoms with E-state index in [4.69, 9.17) is 12.2 Å². The highest BCUT2D eigenvalue weighted by atomic mass is 79.9. The van der Waals surface area contributed by atoms with E-state index in [0.29, 0.717) is 0 Å². The van der Waals surface area contributed by atoms with Crippen molar-refractivity contribution < 1.29 is 13.2 Å². The van der Waals surface area contributed by atoms with Gasteiger partial charge in [0.25, 0.3) is 0 Å². The van der Waals surface area contributed by atoms with Crippen LogP contribution in [0.3, 0.4) is 0 Å². The van der Waals surface area contributed by atoms with Crippen LogP contribution in [0.4, 0.5) is 18.9 Å². The van der Waals surface area contributed by atoms with E-state index in [9.17, 15) is 13.2 Å². The number of rotatable bonds is 3. The summed E-state index contributed by atoms with van der Waals surface area (Å²) in [5.41, 5.74) is 2.37. The lowest BCUT2D eigenvalue weighted by atomic mass is 10.2. The maximum absolute atomic E-state index is 12.9. The van der Waals surface area contributed by atoms with E-state index in [1.807, 2.05) is 24.3 Å². The lowest BCUT2D eigenvalue weighted by molar-refractivity contribution is -0.136. The predicted octanol–water partition coefficient (Wildman–Crippen LogP) is 4.79. The number of halogens is 4. The Balaban J connectivity index is 2.03. The average Bonchev–Trinajstić information content (AvgIpc) is 2.49. The molecule has 3 nitrogen and oxygen atoms in total. The summed E-state index contributed by atoms with van der Waals surface area (Å²) in [6.45, 7) is 0.